The van der Waals surface area contributed by atoms with Crippen LogP contribution in [0.3, 0.4) is 0 Å². The predicted molar refractivity (Wildman–Crippen MR) is 59.0 cm³/mol. The maximum Gasteiger partial charge on any atom is 0.0701 e. The summed E-state index contributed by atoms with van der Waals surface area (Å²) in [6, 6.07) is 4.56. The maximum atomic E-state index is 5.66. The van der Waals surface area contributed by atoms with Gasteiger partial charge in [0.1, 0.15) is 0 Å². The Bertz CT molecular complexity index is 239. The number of nitrogens with one attached hydrogen (secondary N) is 1. The van der Waals surface area contributed by atoms with Crippen molar-refractivity contribution in [2.75, 3.05) is 5.88 Å². The van der Waals surface area contributed by atoms with Gasteiger partial charge in [0.25, 0.3) is 0 Å². The summed E-state index contributed by atoms with van der Waals surface area (Å²) in [6.45, 7) is 2.99. The smallest absolute Gasteiger partial charge is 0.0701 e. The molecule has 1 heterocycles. The lowest BCUT2D eigenvalue weighted by atomic mass is 10.4. The number of alkyl halides is 1. The highest BCUT2D eigenvalue weighted by Gasteiger charge is 2.00. The highest BCUT2D eigenvalue weighted by Crippen LogP contribution is 2.21. The fraction of sp³-hybridized carbons (Fsp3) is 0.500. The monoisotopic (exact) mass is 267 g/mol. The van der Waals surface area contributed by atoms with Crippen molar-refractivity contribution in [2.45, 2.75) is 19.5 Å². The molecule has 0 fully saturated rings. The summed E-state index contributed by atoms with van der Waals surface area (Å²) in [5, 5.41) is 3.32. The van der Waals surface area contributed by atoms with E-state index in [0.717, 1.165) is 6.54 Å². The van der Waals surface area contributed by atoms with Crippen LogP contribution >= 0.6 is 38.9 Å². The standard InChI is InChI=1S/C8H11BrClNS/c1-6(4-10)11-5-7-2-3-8(9)12-7/h2-3,6,11H,4-5H2,1H3. The minimum Gasteiger partial charge on any atom is -0.308 e. The van der Waals surface area contributed by atoms with E-state index < -0.39 is 0 Å². The third-order valence-corrected chi connectivity index (χ3v) is 3.57. The average molecular weight is 269 g/mol. The Labute approximate surface area is 90.3 Å². The Morgan fingerprint density at radius 2 is 2.42 bits per heavy atom. The largest absolute Gasteiger partial charge is 0.308 e. The van der Waals surface area contributed by atoms with Gasteiger partial charge in [0.2, 0.25) is 0 Å². The first-order valence-corrected chi connectivity index (χ1v) is 5.90. The fourth-order valence-electron chi connectivity index (χ4n) is 0.776. The summed E-state index contributed by atoms with van der Waals surface area (Å²) in [4.78, 5) is 1.33. The molecule has 1 rings (SSSR count). The van der Waals surface area contributed by atoms with E-state index in [1.54, 1.807) is 11.3 Å². The lowest BCUT2D eigenvalue weighted by Crippen LogP contribution is -2.26. The molecule has 0 aliphatic heterocycles. The molecule has 1 unspecified atom stereocenters. The first-order chi connectivity index (χ1) is 5.72. The molecule has 4 heteroatoms. The van der Waals surface area contributed by atoms with Gasteiger partial charge in [-0.15, -0.1) is 22.9 Å². The van der Waals surface area contributed by atoms with Crippen molar-refractivity contribution in [2.24, 2.45) is 0 Å². The zero-order chi connectivity index (χ0) is 8.97. The molecule has 0 aliphatic rings. The van der Waals surface area contributed by atoms with Gasteiger partial charge in [-0.05, 0) is 35.0 Å². The minimum atomic E-state index is 0.382. The van der Waals surface area contributed by atoms with E-state index in [9.17, 15) is 0 Å². The van der Waals surface area contributed by atoms with Crippen molar-refractivity contribution in [3.05, 3.63) is 20.8 Å². The molecule has 0 bridgehead atoms. The van der Waals surface area contributed by atoms with E-state index in [1.165, 1.54) is 8.66 Å². The summed E-state index contributed by atoms with van der Waals surface area (Å²) >= 11 is 10.8. The lowest BCUT2D eigenvalue weighted by Gasteiger charge is -2.07. The van der Waals surface area contributed by atoms with Gasteiger partial charge in [-0.1, -0.05) is 0 Å². The topological polar surface area (TPSA) is 12.0 Å². The lowest BCUT2D eigenvalue weighted by molar-refractivity contribution is 0.598. The summed E-state index contributed by atoms with van der Waals surface area (Å²) in [7, 11) is 0. The second-order valence-electron chi connectivity index (χ2n) is 2.64. The predicted octanol–water partition coefficient (Wildman–Crippen LogP) is 3.23. The van der Waals surface area contributed by atoms with Crippen LogP contribution in [-0.4, -0.2) is 11.9 Å². The molecule has 68 valence electrons. The summed E-state index contributed by atoms with van der Waals surface area (Å²) in [5.74, 6) is 0.659. The Kier molecular flexibility index (Phi) is 4.57. The van der Waals surface area contributed by atoms with Crippen LogP contribution in [0.2, 0.25) is 0 Å². The highest BCUT2D eigenvalue weighted by molar-refractivity contribution is 9.11. The molecular formula is C8H11BrClNS. The van der Waals surface area contributed by atoms with Gasteiger partial charge in [-0.25, -0.2) is 0 Å². The Morgan fingerprint density at radius 1 is 1.67 bits per heavy atom. The van der Waals surface area contributed by atoms with Gasteiger partial charge < -0.3 is 5.32 Å². The van der Waals surface area contributed by atoms with Crippen molar-refractivity contribution < 1.29 is 0 Å². The highest BCUT2D eigenvalue weighted by atomic mass is 79.9. The van der Waals surface area contributed by atoms with E-state index >= 15 is 0 Å². The molecule has 0 aliphatic carbocycles. The van der Waals surface area contributed by atoms with Crippen LogP contribution in [-0.2, 0) is 6.54 Å². The van der Waals surface area contributed by atoms with E-state index in [-0.39, 0.29) is 0 Å². The van der Waals surface area contributed by atoms with Gasteiger partial charge in [-0.3, -0.25) is 0 Å². The van der Waals surface area contributed by atoms with Crippen LogP contribution < -0.4 is 5.32 Å². The van der Waals surface area contributed by atoms with E-state index in [1.807, 2.05) is 0 Å². The Hall–Kier alpha value is 0.430. The third-order valence-electron chi connectivity index (χ3n) is 1.49. The van der Waals surface area contributed by atoms with Crippen molar-refractivity contribution in [3.63, 3.8) is 0 Å². The van der Waals surface area contributed by atoms with Crippen LogP contribution in [0.4, 0.5) is 0 Å². The molecular weight excluding hydrogens is 258 g/mol. The molecule has 0 spiro atoms. The normalized spacial score (nSPS) is 13.2. The Morgan fingerprint density at radius 3 is 2.92 bits per heavy atom. The van der Waals surface area contributed by atoms with Crippen LogP contribution in [0.1, 0.15) is 11.8 Å². The van der Waals surface area contributed by atoms with Crippen LogP contribution in [0.25, 0.3) is 0 Å². The summed E-state index contributed by atoms with van der Waals surface area (Å²) in [5.41, 5.74) is 0. The minimum absolute atomic E-state index is 0.382. The van der Waals surface area contributed by atoms with Gasteiger partial charge >= 0.3 is 0 Å². The molecule has 0 radical (unpaired) electrons. The molecule has 1 aromatic rings. The number of hydrogen-bond acceptors (Lipinski definition) is 2. The molecule has 1 N–H and O–H groups in total. The number of hydrogen-bond donors (Lipinski definition) is 1. The quantitative estimate of drug-likeness (QED) is 0.827. The van der Waals surface area contributed by atoms with Gasteiger partial charge in [0, 0.05) is 23.3 Å². The van der Waals surface area contributed by atoms with E-state index in [0.29, 0.717) is 11.9 Å². The van der Waals surface area contributed by atoms with Crippen molar-refractivity contribution in [3.8, 4) is 0 Å². The van der Waals surface area contributed by atoms with Gasteiger partial charge in [-0.2, -0.15) is 0 Å². The van der Waals surface area contributed by atoms with Crippen molar-refractivity contribution in [1.82, 2.24) is 5.32 Å². The fourth-order valence-corrected chi connectivity index (χ4v) is 2.32. The SMILES string of the molecule is CC(CCl)NCc1ccc(Br)s1. The third kappa shape index (κ3) is 3.44. The van der Waals surface area contributed by atoms with Crippen LogP contribution in [0, 0.1) is 0 Å². The second-order valence-corrected chi connectivity index (χ2v) is 5.50. The number of halogens is 2. The van der Waals surface area contributed by atoms with Crippen molar-refractivity contribution >= 4 is 38.9 Å². The molecule has 0 aromatic carbocycles. The van der Waals surface area contributed by atoms with Crippen LogP contribution in [0.15, 0.2) is 15.9 Å². The van der Waals surface area contributed by atoms with E-state index in [2.05, 4.69) is 40.3 Å². The average Bonchev–Trinajstić information content (AvgIpc) is 2.47. The Balaban J connectivity index is 2.33. The molecule has 1 nitrogen and oxygen atoms in total. The molecule has 1 atom stereocenters. The summed E-state index contributed by atoms with van der Waals surface area (Å²) in [6.07, 6.45) is 0. The molecule has 12 heavy (non-hydrogen) atoms. The first-order valence-electron chi connectivity index (χ1n) is 3.76. The maximum absolute atomic E-state index is 5.66. The molecule has 0 amide bonds. The molecule has 1 aromatic heterocycles. The first kappa shape index (κ1) is 10.5. The number of thiophene rings is 1. The van der Waals surface area contributed by atoms with E-state index in [4.69, 9.17) is 11.6 Å². The van der Waals surface area contributed by atoms with Crippen LogP contribution in [0.5, 0.6) is 0 Å². The summed E-state index contributed by atoms with van der Waals surface area (Å²) < 4.78 is 1.18. The second kappa shape index (κ2) is 5.22. The van der Waals surface area contributed by atoms with Gasteiger partial charge in [0.05, 0.1) is 3.79 Å². The molecule has 0 saturated carbocycles. The molecule has 0 saturated heterocycles. The van der Waals surface area contributed by atoms with Crippen molar-refractivity contribution in [1.29, 1.82) is 0 Å². The zero-order valence-electron chi connectivity index (χ0n) is 6.81. The number of rotatable bonds is 4. The zero-order valence-corrected chi connectivity index (χ0v) is 9.97. The van der Waals surface area contributed by atoms with Gasteiger partial charge in [0.15, 0.2) is 0 Å².